The van der Waals surface area contributed by atoms with Crippen LogP contribution in [0.4, 0.5) is 0 Å². The molecule has 0 bridgehead atoms. The molecular formula is C17H30N3P. The fourth-order valence-corrected chi connectivity index (χ4v) is 4.28. The summed E-state index contributed by atoms with van der Waals surface area (Å²) in [5.41, 5.74) is 2.47. The fourth-order valence-electron chi connectivity index (χ4n) is 2.13. The molecule has 0 amide bonds. The number of rotatable bonds is 7. The average molecular weight is 307 g/mol. The third kappa shape index (κ3) is 6.58. The molecule has 0 heterocycles. The molecule has 0 spiro atoms. The topological polar surface area (TPSA) is 27.6 Å². The van der Waals surface area contributed by atoms with Crippen LogP contribution in [0.2, 0.25) is 0 Å². The Morgan fingerprint density at radius 3 is 2.14 bits per heavy atom. The summed E-state index contributed by atoms with van der Waals surface area (Å²) in [6.45, 7) is 11.0. The molecule has 0 radical (unpaired) electrons. The van der Waals surface area contributed by atoms with E-state index in [1.165, 1.54) is 5.56 Å². The fraction of sp³-hybridized carbons (Fsp3) is 0.588. The van der Waals surface area contributed by atoms with E-state index in [4.69, 9.17) is 4.99 Å². The average Bonchev–Trinajstić information content (AvgIpc) is 2.42. The zero-order chi connectivity index (χ0) is 15.8. The zero-order valence-electron chi connectivity index (χ0n) is 14.3. The summed E-state index contributed by atoms with van der Waals surface area (Å²) >= 11 is 0. The van der Waals surface area contributed by atoms with Crippen molar-refractivity contribution in [1.29, 1.82) is 0 Å². The molecule has 0 saturated carbocycles. The molecule has 1 aromatic carbocycles. The molecule has 0 saturated heterocycles. The smallest absolute Gasteiger partial charge is 0.131 e. The second kappa shape index (κ2) is 9.17. The molecule has 4 heteroatoms. The number of nitrogens with zero attached hydrogens (tertiary/aromatic N) is 2. The summed E-state index contributed by atoms with van der Waals surface area (Å²) in [5, 5.41) is 3.74. The van der Waals surface area contributed by atoms with Crippen LogP contribution in [0.5, 0.6) is 0 Å². The van der Waals surface area contributed by atoms with Gasteiger partial charge in [-0.15, -0.1) is 0 Å². The summed E-state index contributed by atoms with van der Waals surface area (Å²) in [5.74, 6) is 1.05. The van der Waals surface area contributed by atoms with Gasteiger partial charge in [0, 0.05) is 12.1 Å². The van der Waals surface area contributed by atoms with Crippen molar-refractivity contribution < 1.29 is 0 Å². The number of aliphatic imine (C=N–C) groups is 1. The van der Waals surface area contributed by atoms with Gasteiger partial charge in [0.15, 0.2) is 0 Å². The molecule has 3 nitrogen and oxygen atoms in total. The molecule has 118 valence electrons. The van der Waals surface area contributed by atoms with E-state index in [1.807, 2.05) is 0 Å². The molecule has 1 rings (SSSR count). The lowest BCUT2D eigenvalue weighted by atomic mass is 10.2. The van der Waals surface area contributed by atoms with Crippen LogP contribution in [-0.4, -0.2) is 49.2 Å². The van der Waals surface area contributed by atoms with Gasteiger partial charge in [-0.2, -0.15) is 0 Å². The third-order valence-corrected chi connectivity index (χ3v) is 5.91. The van der Waals surface area contributed by atoms with E-state index in [2.05, 4.69) is 82.1 Å². The molecule has 0 fully saturated rings. The highest BCUT2D eigenvalue weighted by molar-refractivity contribution is 7.57. The Balaban J connectivity index is 2.91. The minimum atomic E-state index is -0.268. The van der Waals surface area contributed by atoms with Gasteiger partial charge in [0.2, 0.25) is 0 Å². The Hall–Kier alpha value is -0.920. The third-order valence-electron chi connectivity index (χ3n) is 3.21. The predicted molar refractivity (Wildman–Crippen MR) is 96.7 cm³/mol. The Labute approximate surface area is 131 Å². The standard InChI is InChI=1S/C17H30N3P/c1-14(2)21(15(3)4)19-17(18-12-13-20(5)6)16-10-8-7-9-11-16/h7-11,14-15H,12-13H2,1-6H3,(H,18,19). The summed E-state index contributed by atoms with van der Waals surface area (Å²) in [7, 11) is 3.90. The van der Waals surface area contributed by atoms with E-state index in [-0.39, 0.29) is 8.07 Å². The second-order valence-electron chi connectivity index (χ2n) is 6.11. The van der Waals surface area contributed by atoms with Gasteiger partial charge in [-0.1, -0.05) is 58.0 Å². The van der Waals surface area contributed by atoms with Crippen molar-refractivity contribution in [2.45, 2.75) is 39.0 Å². The minimum absolute atomic E-state index is 0.268. The van der Waals surface area contributed by atoms with Crippen LogP contribution in [0, 0.1) is 0 Å². The molecular weight excluding hydrogens is 277 g/mol. The quantitative estimate of drug-likeness (QED) is 0.471. The van der Waals surface area contributed by atoms with Crippen molar-refractivity contribution in [1.82, 2.24) is 9.99 Å². The highest BCUT2D eigenvalue weighted by Crippen LogP contribution is 2.41. The van der Waals surface area contributed by atoms with E-state index in [0.717, 1.165) is 18.9 Å². The van der Waals surface area contributed by atoms with Crippen molar-refractivity contribution in [3.05, 3.63) is 35.9 Å². The van der Waals surface area contributed by atoms with Gasteiger partial charge < -0.3 is 9.99 Å². The number of hydrogen-bond acceptors (Lipinski definition) is 2. The number of benzene rings is 1. The second-order valence-corrected chi connectivity index (χ2v) is 9.21. The van der Waals surface area contributed by atoms with E-state index in [1.54, 1.807) is 0 Å². The SMILES string of the molecule is CC(C)P(N/C(=N/CCN(C)C)c1ccccc1)C(C)C. The summed E-state index contributed by atoms with van der Waals surface area (Å²) < 4.78 is 0. The predicted octanol–water partition coefficient (Wildman–Crippen LogP) is 3.80. The number of likely N-dealkylation sites (N-methyl/N-ethyl adjacent to an activating group) is 1. The van der Waals surface area contributed by atoms with E-state index < -0.39 is 0 Å². The first kappa shape index (κ1) is 18.1. The number of hydrogen-bond donors (Lipinski definition) is 1. The van der Waals surface area contributed by atoms with Gasteiger partial charge in [-0.3, -0.25) is 4.99 Å². The van der Waals surface area contributed by atoms with Gasteiger partial charge in [-0.25, -0.2) is 0 Å². The van der Waals surface area contributed by atoms with Crippen molar-refractivity contribution in [2.75, 3.05) is 27.2 Å². The maximum absolute atomic E-state index is 4.82. The molecule has 0 aliphatic rings. The zero-order valence-corrected chi connectivity index (χ0v) is 15.2. The van der Waals surface area contributed by atoms with Crippen LogP contribution >= 0.6 is 8.07 Å². The highest BCUT2D eigenvalue weighted by Gasteiger charge is 2.19. The van der Waals surface area contributed by atoms with Crippen LogP contribution in [0.25, 0.3) is 0 Å². The number of nitrogens with one attached hydrogen (secondary N) is 1. The summed E-state index contributed by atoms with van der Waals surface area (Å²) in [4.78, 5) is 6.99. The van der Waals surface area contributed by atoms with Gasteiger partial charge in [-0.05, 0) is 33.5 Å². The van der Waals surface area contributed by atoms with Crippen LogP contribution in [0.1, 0.15) is 33.3 Å². The van der Waals surface area contributed by atoms with E-state index >= 15 is 0 Å². The minimum Gasteiger partial charge on any atom is -0.348 e. The maximum Gasteiger partial charge on any atom is 0.131 e. The van der Waals surface area contributed by atoms with Crippen LogP contribution in [0.3, 0.4) is 0 Å². The van der Waals surface area contributed by atoms with Gasteiger partial charge in [0.05, 0.1) is 6.54 Å². The Kier molecular flexibility index (Phi) is 7.92. The summed E-state index contributed by atoms with van der Waals surface area (Å²) in [6, 6.07) is 10.5. The highest BCUT2D eigenvalue weighted by atomic mass is 31.1. The first-order valence-corrected chi connectivity index (χ1v) is 9.19. The lowest BCUT2D eigenvalue weighted by Gasteiger charge is -2.28. The largest absolute Gasteiger partial charge is 0.348 e. The van der Waals surface area contributed by atoms with Crippen molar-refractivity contribution in [3.63, 3.8) is 0 Å². The monoisotopic (exact) mass is 307 g/mol. The van der Waals surface area contributed by atoms with Crippen LogP contribution in [0.15, 0.2) is 35.3 Å². The van der Waals surface area contributed by atoms with Crippen molar-refractivity contribution in [2.24, 2.45) is 4.99 Å². The van der Waals surface area contributed by atoms with Crippen LogP contribution < -0.4 is 5.09 Å². The molecule has 0 atom stereocenters. The molecule has 1 aromatic rings. The Morgan fingerprint density at radius 1 is 1.10 bits per heavy atom. The normalized spacial score (nSPS) is 12.8. The lowest BCUT2D eigenvalue weighted by Crippen LogP contribution is -2.27. The lowest BCUT2D eigenvalue weighted by molar-refractivity contribution is 0.420. The first-order chi connectivity index (χ1) is 9.91. The van der Waals surface area contributed by atoms with E-state index in [0.29, 0.717) is 11.3 Å². The van der Waals surface area contributed by atoms with Crippen molar-refractivity contribution >= 4 is 13.9 Å². The van der Waals surface area contributed by atoms with E-state index in [9.17, 15) is 0 Å². The molecule has 0 aliphatic heterocycles. The Morgan fingerprint density at radius 2 is 1.67 bits per heavy atom. The van der Waals surface area contributed by atoms with Gasteiger partial charge in [0.25, 0.3) is 0 Å². The molecule has 0 unspecified atom stereocenters. The van der Waals surface area contributed by atoms with Gasteiger partial charge >= 0.3 is 0 Å². The number of amidine groups is 1. The molecule has 1 N–H and O–H groups in total. The molecule has 0 aromatic heterocycles. The first-order valence-electron chi connectivity index (χ1n) is 7.71. The van der Waals surface area contributed by atoms with Crippen molar-refractivity contribution in [3.8, 4) is 0 Å². The summed E-state index contributed by atoms with van der Waals surface area (Å²) in [6.07, 6.45) is 0. The maximum atomic E-state index is 4.82. The Bertz CT molecular complexity index is 419. The van der Waals surface area contributed by atoms with Crippen LogP contribution in [-0.2, 0) is 0 Å². The van der Waals surface area contributed by atoms with Gasteiger partial charge in [0.1, 0.15) is 5.84 Å². The molecule has 21 heavy (non-hydrogen) atoms. The molecule has 0 aliphatic carbocycles.